The van der Waals surface area contributed by atoms with Crippen LogP contribution >= 0.6 is 0 Å². The zero-order chi connectivity index (χ0) is 14.0. The molecule has 0 spiro atoms. The number of likely N-dealkylation sites (tertiary alicyclic amines) is 1. The van der Waals surface area contributed by atoms with Gasteiger partial charge in [-0.05, 0) is 38.1 Å². The third kappa shape index (κ3) is 3.04. The Kier molecular flexibility index (Phi) is 4.04. The van der Waals surface area contributed by atoms with E-state index in [4.69, 9.17) is 5.73 Å². The molecule has 1 fully saturated rings. The monoisotopic (exact) mass is 265 g/mol. The summed E-state index contributed by atoms with van der Waals surface area (Å²) in [6.45, 7) is 2.74. The van der Waals surface area contributed by atoms with Crippen molar-refractivity contribution in [1.29, 1.82) is 0 Å². The molecule has 1 saturated heterocycles. The van der Waals surface area contributed by atoms with Gasteiger partial charge in [0.1, 0.15) is 5.82 Å². The van der Waals surface area contributed by atoms with E-state index >= 15 is 0 Å². The minimum Gasteiger partial charge on any atom is -0.396 e. The second-order valence-corrected chi connectivity index (χ2v) is 5.30. The first-order valence-electron chi connectivity index (χ1n) is 6.47. The maximum Gasteiger partial charge on any atom is 0.255 e. The van der Waals surface area contributed by atoms with Crippen LogP contribution in [0.1, 0.15) is 16.8 Å². The number of carbonyl (C=O) groups is 1. The summed E-state index contributed by atoms with van der Waals surface area (Å²) in [5.74, 6) is -0.278. The van der Waals surface area contributed by atoms with Gasteiger partial charge in [0.15, 0.2) is 0 Å². The summed E-state index contributed by atoms with van der Waals surface area (Å²) in [5, 5.41) is 0. The fraction of sp³-hybridized carbons (Fsp3) is 0.500. The number of hydrogen-bond donors (Lipinski definition) is 1. The van der Waals surface area contributed by atoms with Crippen molar-refractivity contribution in [2.75, 3.05) is 39.5 Å². The van der Waals surface area contributed by atoms with Gasteiger partial charge in [-0.2, -0.15) is 0 Å². The molecule has 5 heteroatoms. The largest absolute Gasteiger partial charge is 0.396 e. The maximum atomic E-state index is 13.4. The van der Waals surface area contributed by atoms with E-state index in [9.17, 15) is 9.18 Å². The van der Waals surface area contributed by atoms with Crippen molar-refractivity contribution in [3.63, 3.8) is 0 Å². The van der Waals surface area contributed by atoms with Crippen LogP contribution < -0.4 is 5.73 Å². The first-order valence-corrected chi connectivity index (χ1v) is 6.47. The number of para-hydroxylation sites is 1. The van der Waals surface area contributed by atoms with Crippen molar-refractivity contribution in [2.45, 2.75) is 6.42 Å². The summed E-state index contributed by atoms with van der Waals surface area (Å²) < 4.78 is 13.4. The third-order valence-electron chi connectivity index (χ3n) is 3.65. The molecule has 1 amide bonds. The molecule has 0 aromatic heterocycles. The predicted octanol–water partition coefficient (Wildman–Crippen LogP) is 1.43. The first-order chi connectivity index (χ1) is 8.99. The Morgan fingerprint density at radius 2 is 2.32 bits per heavy atom. The van der Waals surface area contributed by atoms with Crippen molar-refractivity contribution >= 4 is 11.6 Å². The number of nitrogens with two attached hydrogens (primary N) is 1. The molecule has 104 valence electrons. The second kappa shape index (κ2) is 5.57. The van der Waals surface area contributed by atoms with E-state index in [0.717, 1.165) is 19.5 Å². The van der Waals surface area contributed by atoms with Gasteiger partial charge in [0.2, 0.25) is 0 Å². The summed E-state index contributed by atoms with van der Waals surface area (Å²) in [5.41, 5.74) is 5.80. The molecule has 1 heterocycles. The van der Waals surface area contributed by atoms with Crippen molar-refractivity contribution in [3.8, 4) is 0 Å². The van der Waals surface area contributed by atoms with Crippen molar-refractivity contribution in [2.24, 2.45) is 5.92 Å². The van der Waals surface area contributed by atoms with E-state index in [0.29, 0.717) is 12.5 Å². The summed E-state index contributed by atoms with van der Waals surface area (Å²) >= 11 is 0. The van der Waals surface area contributed by atoms with Gasteiger partial charge < -0.3 is 15.5 Å². The lowest BCUT2D eigenvalue weighted by molar-refractivity contribution is 0.0774. The average molecular weight is 265 g/mol. The van der Waals surface area contributed by atoms with Crippen LogP contribution in [0.3, 0.4) is 0 Å². The standard InChI is InChI=1S/C14H20FN3O/c1-17-7-6-10(8-17)9-18(2)14(19)11-4-3-5-12(15)13(11)16/h3-5,10H,6-9,16H2,1-2H3. The SMILES string of the molecule is CN1CCC(CN(C)C(=O)c2cccc(F)c2N)C1. The van der Waals surface area contributed by atoms with Crippen LogP contribution in [0.2, 0.25) is 0 Å². The molecule has 1 atom stereocenters. The van der Waals surface area contributed by atoms with Crippen LogP contribution in [-0.2, 0) is 0 Å². The van der Waals surface area contributed by atoms with E-state index in [1.807, 2.05) is 0 Å². The molecule has 2 rings (SSSR count). The van der Waals surface area contributed by atoms with Gasteiger partial charge in [0.25, 0.3) is 5.91 Å². The number of amides is 1. The second-order valence-electron chi connectivity index (χ2n) is 5.30. The predicted molar refractivity (Wildman–Crippen MR) is 73.4 cm³/mol. The zero-order valence-electron chi connectivity index (χ0n) is 11.4. The summed E-state index contributed by atoms with van der Waals surface area (Å²) in [7, 11) is 3.82. The molecule has 1 unspecified atom stereocenters. The van der Waals surface area contributed by atoms with Crippen LogP contribution in [0.25, 0.3) is 0 Å². The minimum atomic E-state index is -0.542. The van der Waals surface area contributed by atoms with Crippen LogP contribution in [0.4, 0.5) is 10.1 Å². The fourth-order valence-corrected chi connectivity index (χ4v) is 2.57. The Hall–Kier alpha value is -1.62. The first kappa shape index (κ1) is 13.8. The Balaban J connectivity index is 2.04. The number of rotatable bonds is 3. The van der Waals surface area contributed by atoms with Crippen molar-refractivity contribution < 1.29 is 9.18 Å². The van der Waals surface area contributed by atoms with Gasteiger partial charge in [0, 0.05) is 20.1 Å². The summed E-state index contributed by atoms with van der Waals surface area (Å²) in [6.07, 6.45) is 1.09. The highest BCUT2D eigenvalue weighted by molar-refractivity contribution is 5.99. The fourth-order valence-electron chi connectivity index (χ4n) is 2.57. The van der Waals surface area contributed by atoms with E-state index in [1.165, 1.54) is 12.1 Å². The quantitative estimate of drug-likeness (QED) is 0.841. The molecular formula is C14H20FN3O. The smallest absolute Gasteiger partial charge is 0.255 e. The molecule has 1 aliphatic rings. The molecule has 1 aromatic rings. The number of benzene rings is 1. The molecule has 1 aliphatic heterocycles. The number of nitrogen functional groups attached to an aromatic ring is 1. The van der Waals surface area contributed by atoms with Gasteiger partial charge in [-0.3, -0.25) is 4.79 Å². The van der Waals surface area contributed by atoms with Crippen molar-refractivity contribution in [3.05, 3.63) is 29.6 Å². The molecule has 4 nitrogen and oxygen atoms in total. The molecular weight excluding hydrogens is 245 g/mol. The molecule has 19 heavy (non-hydrogen) atoms. The summed E-state index contributed by atoms with van der Waals surface area (Å²) in [4.78, 5) is 16.1. The number of halogens is 1. The van der Waals surface area contributed by atoms with Gasteiger partial charge in [-0.25, -0.2) is 4.39 Å². The Morgan fingerprint density at radius 3 is 2.95 bits per heavy atom. The third-order valence-corrected chi connectivity index (χ3v) is 3.65. The number of nitrogens with zero attached hydrogens (tertiary/aromatic N) is 2. The van der Waals surface area contributed by atoms with Gasteiger partial charge in [-0.15, -0.1) is 0 Å². The molecule has 1 aromatic carbocycles. The Labute approximate surface area is 113 Å². The molecule has 2 N–H and O–H groups in total. The van der Waals surface area contributed by atoms with Crippen LogP contribution in [0, 0.1) is 11.7 Å². The van der Waals surface area contributed by atoms with Crippen LogP contribution in [0.5, 0.6) is 0 Å². The average Bonchev–Trinajstić information content (AvgIpc) is 2.77. The lowest BCUT2D eigenvalue weighted by Gasteiger charge is -2.22. The van der Waals surface area contributed by atoms with Gasteiger partial charge >= 0.3 is 0 Å². The highest BCUT2D eigenvalue weighted by Gasteiger charge is 2.24. The topological polar surface area (TPSA) is 49.6 Å². The molecule has 0 aliphatic carbocycles. The minimum absolute atomic E-state index is 0.0668. The van der Waals surface area contributed by atoms with Gasteiger partial charge in [-0.1, -0.05) is 6.07 Å². The number of carbonyl (C=O) groups excluding carboxylic acids is 1. The Bertz CT molecular complexity index is 478. The van der Waals surface area contributed by atoms with E-state index in [-0.39, 0.29) is 17.2 Å². The molecule has 0 saturated carbocycles. The highest BCUT2D eigenvalue weighted by Crippen LogP contribution is 2.20. The van der Waals surface area contributed by atoms with Crippen LogP contribution in [-0.4, -0.2) is 49.4 Å². The molecule has 0 radical (unpaired) electrons. The Morgan fingerprint density at radius 1 is 1.58 bits per heavy atom. The highest BCUT2D eigenvalue weighted by atomic mass is 19.1. The summed E-state index contributed by atoms with van der Waals surface area (Å²) in [6, 6.07) is 4.34. The van der Waals surface area contributed by atoms with E-state index < -0.39 is 5.82 Å². The van der Waals surface area contributed by atoms with E-state index in [2.05, 4.69) is 11.9 Å². The van der Waals surface area contributed by atoms with Gasteiger partial charge in [0.05, 0.1) is 11.3 Å². The number of hydrogen-bond acceptors (Lipinski definition) is 3. The maximum absolute atomic E-state index is 13.4. The zero-order valence-corrected chi connectivity index (χ0v) is 11.4. The van der Waals surface area contributed by atoms with Crippen LogP contribution in [0.15, 0.2) is 18.2 Å². The van der Waals surface area contributed by atoms with Crippen molar-refractivity contribution in [1.82, 2.24) is 9.80 Å². The number of anilines is 1. The molecule has 0 bridgehead atoms. The normalized spacial score (nSPS) is 19.6. The lowest BCUT2D eigenvalue weighted by atomic mass is 10.1. The van der Waals surface area contributed by atoms with E-state index in [1.54, 1.807) is 18.0 Å². The lowest BCUT2D eigenvalue weighted by Crippen LogP contribution is -2.33.